The van der Waals surface area contributed by atoms with Crippen molar-refractivity contribution >= 4 is 17.5 Å². The molecule has 0 atom stereocenters. The fourth-order valence-corrected chi connectivity index (χ4v) is 2.47. The number of carbonyl (C=O) groups is 1. The van der Waals surface area contributed by atoms with Crippen LogP contribution in [0.25, 0.3) is 0 Å². The SMILES string of the molecule is COc1ccccc1C(=O)CSc1nc(=O)c(=O)[nH]n1C. The number of ether oxygens (including phenoxy) is 1. The summed E-state index contributed by atoms with van der Waals surface area (Å²) in [6, 6.07) is 6.89. The molecule has 1 heterocycles. The molecule has 0 saturated heterocycles. The molecule has 1 aromatic heterocycles. The van der Waals surface area contributed by atoms with Gasteiger partial charge in [0.05, 0.1) is 18.4 Å². The summed E-state index contributed by atoms with van der Waals surface area (Å²) in [5.41, 5.74) is -1.21. The van der Waals surface area contributed by atoms with Crippen LogP contribution in [0.3, 0.4) is 0 Å². The van der Waals surface area contributed by atoms with Crippen molar-refractivity contribution in [1.82, 2.24) is 14.8 Å². The van der Waals surface area contributed by atoms with Gasteiger partial charge in [0, 0.05) is 7.05 Å². The molecule has 0 fully saturated rings. The molecule has 2 rings (SSSR count). The van der Waals surface area contributed by atoms with E-state index in [0.29, 0.717) is 11.3 Å². The molecular formula is C13H13N3O4S. The minimum atomic E-state index is -0.875. The number of H-pyrrole nitrogens is 1. The highest BCUT2D eigenvalue weighted by Crippen LogP contribution is 2.21. The average molecular weight is 307 g/mol. The lowest BCUT2D eigenvalue weighted by molar-refractivity contribution is 0.101. The first kappa shape index (κ1) is 15.0. The van der Waals surface area contributed by atoms with Crippen molar-refractivity contribution < 1.29 is 9.53 Å². The number of benzene rings is 1. The van der Waals surface area contributed by atoms with Crippen LogP contribution in [0.2, 0.25) is 0 Å². The van der Waals surface area contributed by atoms with Crippen LogP contribution in [0, 0.1) is 0 Å². The fraction of sp³-hybridized carbons (Fsp3) is 0.231. The summed E-state index contributed by atoms with van der Waals surface area (Å²) in [6.45, 7) is 0. The van der Waals surface area contributed by atoms with Crippen molar-refractivity contribution in [2.45, 2.75) is 5.16 Å². The third-order valence-electron chi connectivity index (χ3n) is 2.69. The number of nitrogens with one attached hydrogen (secondary N) is 1. The van der Waals surface area contributed by atoms with E-state index in [9.17, 15) is 14.4 Å². The van der Waals surface area contributed by atoms with E-state index in [2.05, 4.69) is 10.1 Å². The summed E-state index contributed by atoms with van der Waals surface area (Å²) in [7, 11) is 3.04. The van der Waals surface area contributed by atoms with Crippen molar-refractivity contribution in [2.24, 2.45) is 7.05 Å². The molecule has 0 spiro atoms. The molecule has 0 aliphatic rings. The first-order valence-electron chi connectivity index (χ1n) is 5.99. The lowest BCUT2D eigenvalue weighted by atomic mass is 10.1. The second-order valence-electron chi connectivity index (χ2n) is 4.11. The van der Waals surface area contributed by atoms with E-state index in [0.717, 1.165) is 11.8 Å². The van der Waals surface area contributed by atoms with Crippen LogP contribution in [-0.4, -0.2) is 33.4 Å². The Morgan fingerprint density at radius 3 is 2.81 bits per heavy atom. The van der Waals surface area contributed by atoms with Gasteiger partial charge in [-0.15, -0.1) is 0 Å². The highest BCUT2D eigenvalue weighted by atomic mass is 32.2. The zero-order chi connectivity index (χ0) is 15.4. The number of ketones is 1. The van der Waals surface area contributed by atoms with E-state index in [4.69, 9.17) is 4.74 Å². The van der Waals surface area contributed by atoms with Gasteiger partial charge in [-0.2, -0.15) is 4.98 Å². The minimum Gasteiger partial charge on any atom is -0.496 e. The number of para-hydroxylation sites is 1. The van der Waals surface area contributed by atoms with Crippen molar-refractivity contribution in [3.8, 4) is 5.75 Å². The third-order valence-corrected chi connectivity index (χ3v) is 3.72. The standard InChI is InChI=1S/C13H13N3O4S/c1-16-13(14-11(18)12(19)15-16)21-7-9(17)8-5-3-4-6-10(8)20-2/h3-6H,7H2,1-2H3,(H,15,19). The molecule has 1 aromatic carbocycles. The Balaban J connectivity index is 2.17. The van der Waals surface area contributed by atoms with Gasteiger partial charge in [-0.25, -0.2) is 0 Å². The van der Waals surface area contributed by atoms with Gasteiger partial charge in [0.15, 0.2) is 10.9 Å². The molecule has 0 saturated carbocycles. The topological polar surface area (TPSA) is 94.1 Å². The number of methoxy groups -OCH3 is 1. The van der Waals surface area contributed by atoms with Crippen LogP contribution in [-0.2, 0) is 7.05 Å². The van der Waals surface area contributed by atoms with Crippen LogP contribution < -0.4 is 15.9 Å². The fourth-order valence-electron chi connectivity index (χ4n) is 1.67. The summed E-state index contributed by atoms with van der Waals surface area (Å²) in [5.74, 6) is 0.413. The van der Waals surface area contributed by atoms with Crippen molar-refractivity contribution in [3.63, 3.8) is 0 Å². The smallest absolute Gasteiger partial charge is 0.339 e. The van der Waals surface area contributed by atoms with Gasteiger partial charge in [0.2, 0.25) is 0 Å². The molecule has 1 N–H and O–H groups in total. The summed E-state index contributed by atoms with van der Waals surface area (Å²) >= 11 is 1.07. The number of carbonyl (C=O) groups excluding carboxylic acids is 1. The van der Waals surface area contributed by atoms with Crippen molar-refractivity contribution in [1.29, 1.82) is 0 Å². The average Bonchev–Trinajstić information content (AvgIpc) is 2.49. The quantitative estimate of drug-likeness (QED) is 0.490. The molecule has 7 nitrogen and oxygen atoms in total. The van der Waals surface area contributed by atoms with Crippen molar-refractivity contribution in [3.05, 3.63) is 50.5 Å². The molecule has 21 heavy (non-hydrogen) atoms. The minimum absolute atomic E-state index is 0.0761. The van der Waals surface area contributed by atoms with Gasteiger partial charge in [-0.3, -0.25) is 24.2 Å². The van der Waals surface area contributed by atoms with E-state index in [1.54, 1.807) is 31.3 Å². The number of Topliss-reactive ketones (excluding diaryl/α,β-unsaturated/α-hetero) is 1. The Morgan fingerprint density at radius 1 is 1.38 bits per heavy atom. The van der Waals surface area contributed by atoms with Gasteiger partial charge in [-0.1, -0.05) is 23.9 Å². The molecule has 0 unspecified atom stereocenters. The van der Waals surface area contributed by atoms with Crippen LogP contribution in [0.1, 0.15) is 10.4 Å². The number of aryl methyl sites for hydroxylation is 1. The monoisotopic (exact) mass is 307 g/mol. The zero-order valence-corrected chi connectivity index (χ0v) is 12.3. The molecular weight excluding hydrogens is 294 g/mol. The lowest BCUT2D eigenvalue weighted by Gasteiger charge is -2.08. The Labute approximate surface area is 124 Å². The normalized spacial score (nSPS) is 10.4. The number of rotatable bonds is 5. The number of thioether (sulfide) groups is 1. The van der Waals surface area contributed by atoms with Crippen LogP contribution >= 0.6 is 11.8 Å². The summed E-state index contributed by atoms with van der Waals surface area (Å²) in [6.07, 6.45) is 0. The zero-order valence-electron chi connectivity index (χ0n) is 11.5. The second-order valence-corrected chi connectivity index (χ2v) is 5.05. The van der Waals surface area contributed by atoms with Crippen LogP contribution in [0.15, 0.2) is 39.0 Å². The van der Waals surface area contributed by atoms with Crippen LogP contribution in [0.4, 0.5) is 0 Å². The van der Waals surface area contributed by atoms with Gasteiger partial charge in [0.1, 0.15) is 5.75 Å². The first-order chi connectivity index (χ1) is 10.0. The highest BCUT2D eigenvalue weighted by Gasteiger charge is 2.13. The maximum absolute atomic E-state index is 12.2. The number of aromatic nitrogens is 3. The van der Waals surface area contributed by atoms with E-state index in [-0.39, 0.29) is 16.7 Å². The molecule has 8 heteroatoms. The van der Waals surface area contributed by atoms with E-state index in [1.165, 1.54) is 11.8 Å². The number of nitrogens with zero attached hydrogens (tertiary/aromatic N) is 2. The molecule has 0 aliphatic carbocycles. The predicted molar refractivity (Wildman–Crippen MR) is 78.1 cm³/mol. The first-order valence-corrected chi connectivity index (χ1v) is 6.98. The van der Waals surface area contributed by atoms with E-state index in [1.807, 2.05) is 0 Å². The van der Waals surface area contributed by atoms with E-state index < -0.39 is 11.1 Å². The maximum Gasteiger partial charge on any atom is 0.339 e. The number of hydrogen-bond acceptors (Lipinski definition) is 6. The van der Waals surface area contributed by atoms with Gasteiger partial charge in [0.25, 0.3) is 0 Å². The Hall–Kier alpha value is -2.35. The Morgan fingerprint density at radius 2 is 2.10 bits per heavy atom. The Bertz CT molecular complexity index is 781. The predicted octanol–water partition coefficient (Wildman–Crippen LogP) is 0.452. The van der Waals surface area contributed by atoms with Gasteiger partial charge in [-0.05, 0) is 12.1 Å². The Kier molecular flexibility index (Phi) is 4.59. The summed E-state index contributed by atoms with van der Waals surface area (Å²) in [4.78, 5) is 38.1. The number of aromatic amines is 1. The molecule has 0 amide bonds. The molecule has 110 valence electrons. The number of hydrogen-bond donors (Lipinski definition) is 1. The maximum atomic E-state index is 12.2. The molecule has 0 bridgehead atoms. The van der Waals surface area contributed by atoms with Crippen LogP contribution in [0.5, 0.6) is 5.75 Å². The van der Waals surface area contributed by atoms with Gasteiger partial charge < -0.3 is 4.74 Å². The second kappa shape index (κ2) is 6.40. The summed E-state index contributed by atoms with van der Waals surface area (Å²) < 4.78 is 6.44. The van der Waals surface area contributed by atoms with E-state index >= 15 is 0 Å². The van der Waals surface area contributed by atoms with Gasteiger partial charge >= 0.3 is 11.1 Å². The lowest BCUT2D eigenvalue weighted by Crippen LogP contribution is -2.34. The summed E-state index contributed by atoms with van der Waals surface area (Å²) in [5, 5.41) is 2.59. The molecule has 2 aromatic rings. The molecule has 0 aliphatic heterocycles. The highest BCUT2D eigenvalue weighted by molar-refractivity contribution is 7.99. The third kappa shape index (κ3) is 3.40. The van der Waals surface area contributed by atoms with Crippen molar-refractivity contribution in [2.75, 3.05) is 12.9 Å². The molecule has 0 radical (unpaired) electrons. The largest absolute Gasteiger partial charge is 0.496 e.